The summed E-state index contributed by atoms with van der Waals surface area (Å²) in [6.45, 7) is 5.63. The number of ether oxygens (including phenoxy) is 1. The van der Waals surface area contributed by atoms with Crippen molar-refractivity contribution in [3.05, 3.63) is 41.9 Å². The van der Waals surface area contributed by atoms with Gasteiger partial charge in [-0.2, -0.15) is 5.26 Å². The number of nitriles is 1. The molecule has 0 atom stereocenters. The molecule has 0 aliphatic carbocycles. The van der Waals surface area contributed by atoms with Crippen LogP contribution in [-0.2, 0) is 5.41 Å². The molecule has 2 rings (SSSR count). The van der Waals surface area contributed by atoms with Crippen LogP contribution in [0.5, 0.6) is 5.75 Å². The molecule has 1 aromatic heterocycles. The monoisotopic (exact) mass is 267 g/mol. The van der Waals surface area contributed by atoms with E-state index in [4.69, 9.17) is 4.74 Å². The van der Waals surface area contributed by atoms with Crippen LogP contribution in [0, 0.1) is 18.3 Å². The second kappa shape index (κ2) is 5.30. The number of rotatable bonds is 3. The quantitative estimate of drug-likeness (QED) is 0.856. The summed E-state index contributed by atoms with van der Waals surface area (Å²) in [5, 5.41) is 9.20. The van der Waals surface area contributed by atoms with Gasteiger partial charge in [-0.25, -0.2) is 9.97 Å². The molecule has 0 aliphatic rings. The van der Waals surface area contributed by atoms with Crippen LogP contribution in [0.15, 0.2) is 30.5 Å². The van der Waals surface area contributed by atoms with Gasteiger partial charge in [0.1, 0.15) is 17.0 Å². The van der Waals surface area contributed by atoms with E-state index in [0.717, 1.165) is 22.6 Å². The van der Waals surface area contributed by atoms with Gasteiger partial charge in [-0.3, -0.25) is 0 Å². The molecule has 0 unspecified atom stereocenters. The number of hydrogen-bond acceptors (Lipinski definition) is 4. The number of aryl methyl sites for hydroxylation is 1. The number of hydrogen-bond donors (Lipinski definition) is 0. The summed E-state index contributed by atoms with van der Waals surface area (Å²) >= 11 is 0. The highest BCUT2D eigenvalue weighted by molar-refractivity contribution is 5.68. The molecule has 0 fully saturated rings. The molecule has 4 nitrogen and oxygen atoms in total. The first-order chi connectivity index (χ1) is 9.47. The van der Waals surface area contributed by atoms with E-state index in [1.165, 1.54) is 0 Å². The van der Waals surface area contributed by atoms with E-state index in [-0.39, 0.29) is 0 Å². The zero-order valence-corrected chi connectivity index (χ0v) is 12.1. The number of methoxy groups -OCH3 is 1. The first-order valence-electron chi connectivity index (χ1n) is 6.38. The highest BCUT2D eigenvalue weighted by Crippen LogP contribution is 2.30. The summed E-state index contributed by atoms with van der Waals surface area (Å²) < 4.78 is 5.38. The third kappa shape index (κ3) is 2.62. The molecule has 0 saturated carbocycles. The van der Waals surface area contributed by atoms with Crippen molar-refractivity contribution in [3.8, 4) is 23.1 Å². The molecule has 0 spiro atoms. The maximum atomic E-state index is 9.20. The maximum Gasteiger partial charge on any atom is 0.148 e. The Morgan fingerprint density at radius 1 is 1.25 bits per heavy atom. The van der Waals surface area contributed by atoms with Crippen molar-refractivity contribution in [1.82, 2.24) is 9.97 Å². The fourth-order valence-electron chi connectivity index (χ4n) is 1.88. The van der Waals surface area contributed by atoms with Crippen LogP contribution in [0.2, 0.25) is 0 Å². The second-order valence-corrected chi connectivity index (χ2v) is 5.21. The second-order valence-electron chi connectivity index (χ2n) is 5.21. The molecule has 2 aromatic rings. The average Bonchev–Trinajstić information content (AvgIpc) is 2.47. The Kier molecular flexibility index (Phi) is 3.71. The van der Waals surface area contributed by atoms with Gasteiger partial charge in [0.2, 0.25) is 0 Å². The van der Waals surface area contributed by atoms with Gasteiger partial charge in [0, 0.05) is 11.8 Å². The lowest BCUT2D eigenvalue weighted by Gasteiger charge is -2.15. The van der Waals surface area contributed by atoms with Crippen LogP contribution in [0.4, 0.5) is 0 Å². The predicted octanol–water partition coefficient (Wildman–Crippen LogP) is 3.26. The molecule has 0 aliphatic heterocycles. The molecule has 0 saturated heterocycles. The Morgan fingerprint density at radius 2 is 2.00 bits per heavy atom. The molecular formula is C16H17N3O. The predicted molar refractivity (Wildman–Crippen MR) is 77.4 cm³/mol. The first-order valence-corrected chi connectivity index (χ1v) is 6.38. The maximum absolute atomic E-state index is 9.20. The van der Waals surface area contributed by atoms with E-state index >= 15 is 0 Å². The molecule has 0 radical (unpaired) electrons. The molecule has 102 valence electrons. The minimum absolute atomic E-state index is 0.515. The standard InChI is InChI=1S/C16H17N3O/c1-11-5-6-14(20-4)12(9-11)13-7-8-18-15(19-13)16(2,3)10-17/h5-9H,1-4H3. The summed E-state index contributed by atoms with van der Waals surface area (Å²) in [5.74, 6) is 1.27. The molecule has 0 bridgehead atoms. The van der Waals surface area contributed by atoms with E-state index in [2.05, 4.69) is 16.0 Å². The van der Waals surface area contributed by atoms with Crippen molar-refractivity contribution < 1.29 is 4.74 Å². The first kappa shape index (κ1) is 14.0. The number of benzene rings is 1. The Labute approximate surface area is 119 Å². The lowest BCUT2D eigenvalue weighted by molar-refractivity contribution is 0.416. The van der Waals surface area contributed by atoms with E-state index in [1.807, 2.05) is 31.2 Å². The molecule has 0 N–H and O–H groups in total. The van der Waals surface area contributed by atoms with Crippen molar-refractivity contribution in [2.45, 2.75) is 26.2 Å². The van der Waals surface area contributed by atoms with E-state index in [1.54, 1.807) is 27.2 Å². The van der Waals surface area contributed by atoms with E-state index in [0.29, 0.717) is 5.82 Å². The minimum atomic E-state index is -0.715. The third-order valence-corrected chi connectivity index (χ3v) is 3.13. The summed E-state index contributed by atoms with van der Waals surface area (Å²) in [4.78, 5) is 8.73. The Morgan fingerprint density at radius 3 is 2.65 bits per heavy atom. The lowest BCUT2D eigenvalue weighted by Crippen LogP contribution is -2.18. The van der Waals surface area contributed by atoms with Crippen LogP contribution in [0.25, 0.3) is 11.3 Å². The summed E-state index contributed by atoms with van der Waals surface area (Å²) in [7, 11) is 1.63. The van der Waals surface area contributed by atoms with Crippen LogP contribution in [-0.4, -0.2) is 17.1 Å². The SMILES string of the molecule is COc1ccc(C)cc1-c1ccnc(C(C)(C)C#N)n1. The zero-order valence-electron chi connectivity index (χ0n) is 12.1. The highest BCUT2D eigenvalue weighted by Gasteiger charge is 2.24. The van der Waals surface area contributed by atoms with Crippen molar-refractivity contribution in [3.63, 3.8) is 0 Å². The van der Waals surface area contributed by atoms with Gasteiger partial charge >= 0.3 is 0 Å². The molecule has 20 heavy (non-hydrogen) atoms. The van der Waals surface area contributed by atoms with Gasteiger partial charge in [0.25, 0.3) is 0 Å². The van der Waals surface area contributed by atoms with Crippen LogP contribution >= 0.6 is 0 Å². The lowest BCUT2D eigenvalue weighted by atomic mass is 9.94. The van der Waals surface area contributed by atoms with Crippen LogP contribution in [0.1, 0.15) is 25.2 Å². The fourth-order valence-corrected chi connectivity index (χ4v) is 1.88. The summed E-state index contributed by atoms with van der Waals surface area (Å²) in [6.07, 6.45) is 1.68. The van der Waals surface area contributed by atoms with Gasteiger partial charge in [-0.05, 0) is 39.0 Å². The molecule has 1 aromatic carbocycles. The summed E-state index contributed by atoms with van der Waals surface area (Å²) in [5.41, 5.74) is 2.08. The van der Waals surface area contributed by atoms with Gasteiger partial charge in [0.05, 0.1) is 18.9 Å². The Balaban J connectivity index is 2.58. The molecule has 4 heteroatoms. The molecule has 1 heterocycles. The van der Waals surface area contributed by atoms with Crippen LogP contribution < -0.4 is 4.74 Å². The van der Waals surface area contributed by atoms with Crippen molar-refractivity contribution >= 4 is 0 Å². The largest absolute Gasteiger partial charge is 0.496 e. The van der Waals surface area contributed by atoms with E-state index < -0.39 is 5.41 Å². The Bertz CT molecular complexity index is 672. The Hall–Kier alpha value is -2.41. The smallest absolute Gasteiger partial charge is 0.148 e. The number of nitrogens with zero attached hydrogens (tertiary/aromatic N) is 3. The van der Waals surface area contributed by atoms with Gasteiger partial charge in [-0.15, -0.1) is 0 Å². The zero-order chi connectivity index (χ0) is 14.8. The minimum Gasteiger partial charge on any atom is -0.496 e. The van der Waals surface area contributed by atoms with Gasteiger partial charge in [-0.1, -0.05) is 11.6 Å². The molecule has 0 amide bonds. The fraction of sp³-hybridized carbons (Fsp3) is 0.312. The van der Waals surface area contributed by atoms with Crippen molar-refractivity contribution in [2.75, 3.05) is 7.11 Å². The third-order valence-electron chi connectivity index (χ3n) is 3.13. The highest BCUT2D eigenvalue weighted by atomic mass is 16.5. The van der Waals surface area contributed by atoms with Gasteiger partial charge in [0.15, 0.2) is 0 Å². The topological polar surface area (TPSA) is 58.8 Å². The van der Waals surface area contributed by atoms with Gasteiger partial charge < -0.3 is 4.74 Å². The average molecular weight is 267 g/mol. The van der Waals surface area contributed by atoms with Crippen LogP contribution in [0.3, 0.4) is 0 Å². The molecular weight excluding hydrogens is 250 g/mol. The number of aromatic nitrogens is 2. The summed E-state index contributed by atoms with van der Waals surface area (Å²) in [6, 6.07) is 9.97. The normalized spacial score (nSPS) is 10.9. The van der Waals surface area contributed by atoms with Crippen molar-refractivity contribution in [1.29, 1.82) is 5.26 Å². The van der Waals surface area contributed by atoms with Crippen molar-refractivity contribution in [2.24, 2.45) is 0 Å². The van der Waals surface area contributed by atoms with E-state index in [9.17, 15) is 5.26 Å².